The van der Waals surface area contributed by atoms with Crippen LogP contribution in [0, 0.1) is 0 Å². The van der Waals surface area contributed by atoms with Crippen molar-refractivity contribution in [3.05, 3.63) is 52.1 Å². The van der Waals surface area contributed by atoms with Gasteiger partial charge < -0.3 is 10.6 Å². The molecule has 3 aromatic heterocycles. The standard InChI is InChI=1S/C18H24N6S/c1-3-14-9-10-15(25-14)13-21-18(19-2)20-11-6-8-17-23-22-16-7-4-5-12-24(16)17/h4-5,7,9-10,12H,3,6,8,11,13H2,1-2H3,(H2,19,20,21). The highest BCUT2D eigenvalue weighted by Crippen LogP contribution is 2.16. The minimum absolute atomic E-state index is 0.805. The summed E-state index contributed by atoms with van der Waals surface area (Å²) in [6.07, 6.45) is 4.94. The van der Waals surface area contributed by atoms with E-state index in [0.29, 0.717) is 0 Å². The van der Waals surface area contributed by atoms with Crippen molar-refractivity contribution >= 4 is 22.9 Å². The first-order valence-electron chi connectivity index (χ1n) is 8.61. The maximum Gasteiger partial charge on any atom is 0.191 e. The van der Waals surface area contributed by atoms with Gasteiger partial charge in [0.1, 0.15) is 5.82 Å². The maximum atomic E-state index is 4.28. The number of aryl methyl sites for hydroxylation is 2. The van der Waals surface area contributed by atoms with Gasteiger partial charge >= 0.3 is 0 Å². The van der Waals surface area contributed by atoms with E-state index in [-0.39, 0.29) is 0 Å². The number of thiophene rings is 1. The van der Waals surface area contributed by atoms with Crippen LogP contribution in [0.3, 0.4) is 0 Å². The molecule has 2 N–H and O–H groups in total. The lowest BCUT2D eigenvalue weighted by Crippen LogP contribution is -2.37. The van der Waals surface area contributed by atoms with Gasteiger partial charge in [-0.2, -0.15) is 0 Å². The smallest absolute Gasteiger partial charge is 0.191 e. The fourth-order valence-electron chi connectivity index (χ4n) is 2.61. The lowest BCUT2D eigenvalue weighted by molar-refractivity contribution is 0.715. The van der Waals surface area contributed by atoms with Crippen LogP contribution < -0.4 is 10.6 Å². The molecule has 0 saturated heterocycles. The van der Waals surface area contributed by atoms with Crippen LogP contribution in [-0.2, 0) is 19.4 Å². The third kappa shape index (κ3) is 4.57. The van der Waals surface area contributed by atoms with E-state index in [1.165, 1.54) is 9.75 Å². The number of aromatic nitrogens is 3. The molecule has 25 heavy (non-hydrogen) atoms. The quantitative estimate of drug-likeness (QED) is 0.388. The highest BCUT2D eigenvalue weighted by molar-refractivity contribution is 7.11. The van der Waals surface area contributed by atoms with Crippen LogP contribution >= 0.6 is 11.3 Å². The van der Waals surface area contributed by atoms with E-state index in [4.69, 9.17) is 0 Å². The summed E-state index contributed by atoms with van der Waals surface area (Å²) in [6, 6.07) is 10.3. The highest BCUT2D eigenvalue weighted by Gasteiger charge is 2.05. The number of aliphatic imine (C=N–C) groups is 1. The first-order valence-corrected chi connectivity index (χ1v) is 9.42. The lowest BCUT2D eigenvalue weighted by Gasteiger charge is -2.10. The summed E-state index contributed by atoms with van der Waals surface area (Å²) in [4.78, 5) is 7.03. The van der Waals surface area contributed by atoms with E-state index < -0.39 is 0 Å². The van der Waals surface area contributed by atoms with Crippen molar-refractivity contribution < 1.29 is 0 Å². The van der Waals surface area contributed by atoms with Gasteiger partial charge in [0.15, 0.2) is 11.6 Å². The number of nitrogens with one attached hydrogen (secondary N) is 2. The highest BCUT2D eigenvalue weighted by atomic mass is 32.1. The molecule has 0 aliphatic heterocycles. The Kier molecular flexibility index (Phi) is 6.00. The molecule has 0 aliphatic rings. The zero-order valence-corrected chi connectivity index (χ0v) is 15.5. The Balaban J connectivity index is 1.42. The molecule has 0 bridgehead atoms. The van der Waals surface area contributed by atoms with Crippen LogP contribution in [0.15, 0.2) is 41.5 Å². The van der Waals surface area contributed by atoms with Crippen LogP contribution in [0.4, 0.5) is 0 Å². The Morgan fingerprint density at radius 2 is 2.04 bits per heavy atom. The van der Waals surface area contributed by atoms with Crippen molar-refractivity contribution in [3.8, 4) is 0 Å². The van der Waals surface area contributed by atoms with Crippen molar-refractivity contribution in [1.29, 1.82) is 0 Å². The van der Waals surface area contributed by atoms with Gasteiger partial charge in [0.2, 0.25) is 0 Å². The van der Waals surface area contributed by atoms with E-state index in [0.717, 1.165) is 49.8 Å². The molecule has 0 amide bonds. The fourth-order valence-corrected chi connectivity index (χ4v) is 3.51. The van der Waals surface area contributed by atoms with Crippen LogP contribution in [0.25, 0.3) is 5.65 Å². The number of hydrogen-bond donors (Lipinski definition) is 2. The first kappa shape index (κ1) is 17.4. The molecule has 7 heteroatoms. The van der Waals surface area contributed by atoms with Crippen molar-refractivity contribution in [2.24, 2.45) is 4.99 Å². The van der Waals surface area contributed by atoms with E-state index in [1.54, 1.807) is 7.05 Å². The van der Waals surface area contributed by atoms with Crippen LogP contribution in [-0.4, -0.2) is 34.2 Å². The molecular formula is C18H24N6S. The number of hydrogen-bond acceptors (Lipinski definition) is 4. The van der Waals surface area contributed by atoms with Crippen molar-refractivity contribution in [2.45, 2.75) is 32.7 Å². The lowest BCUT2D eigenvalue weighted by atomic mass is 10.3. The minimum atomic E-state index is 0.805. The summed E-state index contributed by atoms with van der Waals surface area (Å²) in [5.74, 6) is 1.82. The molecule has 0 unspecified atom stereocenters. The van der Waals surface area contributed by atoms with Crippen LogP contribution in [0.5, 0.6) is 0 Å². The van der Waals surface area contributed by atoms with Gasteiger partial charge in [-0.05, 0) is 37.1 Å². The molecule has 0 spiro atoms. The average molecular weight is 356 g/mol. The molecule has 0 saturated carbocycles. The van der Waals surface area contributed by atoms with Gasteiger partial charge in [-0.1, -0.05) is 13.0 Å². The predicted octanol–water partition coefficient (Wildman–Crippen LogP) is 2.65. The van der Waals surface area contributed by atoms with Crippen molar-refractivity contribution in [2.75, 3.05) is 13.6 Å². The number of nitrogens with zero attached hydrogens (tertiary/aromatic N) is 4. The molecule has 3 rings (SSSR count). The Hall–Kier alpha value is -2.41. The second kappa shape index (κ2) is 8.62. The zero-order chi connectivity index (χ0) is 17.5. The minimum Gasteiger partial charge on any atom is -0.356 e. The molecule has 0 aliphatic carbocycles. The first-order chi connectivity index (χ1) is 12.3. The fraction of sp³-hybridized carbons (Fsp3) is 0.389. The Bertz CT molecular complexity index is 835. The monoisotopic (exact) mass is 356 g/mol. The third-order valence-corrected chi connectivity index (χ3v) is 5.20. The van der Waals surface area contributed by atoms with E-state index in [9.17, 15) is 0 Å². The second-order valence-corrected chi connectivity index (χ2v) is 6.98. The summed E-state index contributed by atoms with van der Waals surface area (Å²) in [6.45, 7) is 3.83. The van der Waals surface area contributed by atoms with Crippen LogP contribution in [0.1, 0.15) is 28.9 Å². The van der Waals surface area contributed by atoms with Gasteiger partial charge in [-0.25, -0.2) is 0 Å². The summed E-state index contributed by atoms with van der Waals surface area (Å²) < 4.78 is 2.04. The number of rotatable bonds is 7. The average Bonchev–Trinajstić information content (AvgIpc) is 3.28. The normalized spacial score (nSPS) is 11.8. The van der Waals surface area contributed by atoms with Gasteiger partial charge in [0.05, 0.1) is 6.54 Å². The molecule has 0 radical (unpaired) electrons. The van der Waals surface area contributed by atoms with Crippen molar-refractivity contribution in [1.82, 2.24) is 25.2 Å². The Morgan fingerprint density at radius 1 is 1.16 bits per heavy atom. The number of pyridine rings is 1. The summed E-state index contributed by atoms with van der Waals surface area (Å²) in [5.41, 5.74) is 0.894. The van der Waals surface area contributed by atoms with E-state index >= 15 is 0 Å². The molecular weight excluding hydrogens is 332 g/mol. The maximum absolute atomic E-state index is 4.28. The Morgan fingerprint density at radius 3 is 2.84 bits per heavy atom. The third-order valence-electron chi connectivity index (χ3n) is 3.97. The van der Waals surface area contributed by atoms with Gasteiger partial charge in [0, 0.05) is 36.0 Å². The summed E-state index contributed by atoms with van der Waals surface area (Å²) in [7, 11) is 1.80. The van der Waals surface area contributed by atoms with Crippen molar-refractivity contribution in [3.63, 3.8) is 0 Å². The van der Waals surface area contributed by atoms with Crippen LogP contribution in [0.2, 0.25) is 0 Å². The van der Waals surface area contributed by atoms with Gasteiger partial charge in [-0.15, -0.1) is 21.5 Å². The molecule has 132 valence electrons. The molecule has 0 aromatic carbocycles. The summed E-state index contributed by atoms with van der Waals surface area (Å²) >= 11 is 1.85. The predicted molar refractivity (Wildman–Crippen MR) is 103 cm³/mol. The SMILES string of the molecule is CCc1ccc(CNC(=NC)NCCCc2nnc3ccccn23)s1. The van der Waals surface area contributed by atoms with Gasteiger partial charge in [0.25, 0.3) is 0 Å². The molecule has 3 heterocycles. The van der Waals surface area contributed by atoms with Gasteiger partial charge in [-0.3, -0.25) is 9.39 Å². The number of guanidine groups is 1. The largest absolute Gasteiger partial charge is 0.356 e. The zero-order valence-electron chi connectivity index (χ0n) is 14.7. The van der Waals surface area contributed by atoms with E-state index in [1.807, 2.05) is 40.1 Å². The molecule has 0 atom stereocenters. The number of fused-ring (bicyclic) bond motifs is 1. The molecule has 0 fully saturated rings. The molecule has 3 aromatic rings. The topological polar surface area (TPSA) is 66.6 Å². The molecule has 6 nitrogen and oxygen atoms in total. The van der Waals surface area contributed by atoms with E-state index in [2.05, 4.69) is 44.9 Å². The summed E-state index contributed by atoms with van der Waals surface area (Å²) in [5, 5.41) is 15.2. The Labute approximate surface area is 152 Å². The second-order valence-electron chi connectivity index (χ2n) is 5.72.